The van der Waals surface area contributed by atoms with Crippen molar-refractivity contribution in [3.63, 3.8) is 0 Å². The van der Waals surface area contributed by atoms with Crippen LogP contribution in [0, 0.1) is 0 Å². The number of pyridine rings is 1. The highest BCUT2D eigenvalue weighted by Crippen LogP contribution is 2.28. The molecule has 0 atom stereocenters. The maximum Gasteiger partial charge on any atom is 0.258 e. The average Bonchev–Trinajstić information content (AvgIpc) is 2.91. The number of aromatic nitrogens is 1. The Bertz CT molecular complexity index is 856. The van der Waals surface area contributed by atoms with E-state index in [-0.39, 0.29) is 5.78 Å². The molecule has 104 valence electrons. The molecule has 21 heavy (non-hydrogen) atoms. The molecule has 0 bridgehead atoms. The summed E-state index contributed by atoms with van der Waals surface area (Å²) in [6, 6.07) is 8.26. The van der Waals surface area contributed by atoms with Crippen LogP contribution in [0.5, 0.6) is 0 Å². The molecule has 3 aromatic rings. The van der Waals surface area contributed by atoms with E-state index in [4.69, 9.17) is 17.3 Å². The second-order valence-corrected chi connectivity index (χ2v) is 5.93. The number of hydrogen-bond donors (Lipinski definition) is 1. The molecule has 0 unspecified atom stereocenters. The summed E-state index contributed by atoms with van der Waals surface area (Å²) in [6.45, 7) is 0. The third-order valence-electron chi connectivity index (χ3n) is 3.04. The van der Waals surface area contributed by atoms with Crippen molar-refractivity contribution in [3.05, 3.63) is 63.8 Å². The summed E-state index contributed by atoms with van der Waals surface area (Å²) in [5, 5.41) is 1.25. The minimum atomic E-state index is -0.513. The molecule has 0 radical (unpaired) electrons. The quantitative estimate of drug-likeness (QED) is 0.754. The molecule has 3 rings (SSSR count). The van der Waals surface area contributed by atoms with Crippen molar-refractivity contribution in [2.24, 2.45) is 5.73 Å². The van der Waals surface area contributed by atoms with Gasteiger partial charge in [-0.1, -0.05) is 11.6 Å². The SMILES string of the molecule is NC(=O)c1cc2c(C(=O)c3ccc(Cl)cc3)cncc2s1. The first-order valence-corrected chi connectivity index (χ1v) is 7.23. The Balaban J connectivity index is 2.13. The van der Waals surface area contributed by atoms with Gasteiger partial charge in [-0.05, 0) is 30.3 Å². The van der Waals surface area contributed by atoms with Crippen LogP contribution in [0.3, 0.4) is 0 Å². The van der Waals surface area contributed by atoms with Gasteiger partial charge in [-0.15, -0.1) is 11.3 Å². The Hall–Kier alpha value is -2.24. The molecule has 0 aliphatic rings. The minimum Gasteiger partial charge on any atom is -0.365 e. The zero-order valence-corrected chi connectivity index (χ0v) is 12.2. The van der Waals surface area contributed by atoms with Gasteiger partial charge in [0.1, 0.15) is 0 Å². The highest BCUT2D eigenvalue weighted by molar-refractivity contribution is 7.20. The van der Waals surface area contributed by atoms with E-state index in [1.165, 1.54) is 17.5 Å². The number of nitrogens with zero attached hydrogens (tertiary/aromatic N) is 1. The summed E-state index contributed by atoms with van der Waals surface area (Å²) in [5.41, 5.74) is 6.24. The number of carbonyl (C=O) groups excluding carboxylic acids is 2. The summed E-state index contributed by atoms with van der Waals surface area (Å²) < 4.78 is 0.753. The summed E-state index contributed by atoms with van der Waals surface area (Å²) in [4.78, 5) is 28.3. The molecule has 0 saturated heterocycles. The zero-order valence-electron chi connectivity index (χ0n) is 10.7. The van der Waals surface area contributed by atoms with E-state index in [9.17, 15) is 9.59 Å². The van der Waals surface area contributed by atoms with E-state index in [2.05, 4.69) is 4.98 Å². The molecule has 1 amide bonds. The highest BCUT2D eigenvalue weighted by atomic mass is 35.5. The van der Waals surface area contributed by atoms with Crippen molar-refractivity contribution < 1.29 is 9.59 Å². The molecule has 0 saturated carbocycles. The molecule has 2 heterocycles. The normalized spacial score (nSPS) is 10.7. The summed E-state index contributed by atoms with van der Waals surface area (Å²) in [7, 11) is 0. The Morgan fingerprint density at radius 1 is 1.14 bits per heavy atom. The van der Waals surface area contributed by atoms with Gasteiger partial charge in [-0.3, -0.25) is 14.6 Å². The molecule has 4 nitrogen and oxygen atoms in total. The van der Waals surface area contributed by atoms with Crippen molar-refractivity contribution in [1.29, 1.82) is 0 Å². The number of carbonyl (C=O) groups is 2. The van der Waals surface area contributed by atoms with Crippen LogP contribution >= 0.6 is 22.9 Å². The van der Waals surface area contributed by atoms with Crippen LogP contribution in [0.15, 0.2) is 42.7 Å². The van der Waals surface area contributed by atoms with Crippen LogP contribution in [0.2, 0.25) is 5.02 Å². The first-order valence-electron chi connectivity index (χ1n) is 6.04. The second-order valence-electron chi connectivity index (χ2n) is 4.41. The van der Waals surface area contributed by atoms with E-state index < -0.39 is 5.91 Å². The van der Waals surface area contributed by atoms with E-state index in [1.54, 1.807) is 36.5 Å². The lowest BCUT2D eigenvalue weighted by molar-refractivity contribution is 0.100. The summed E-state index contributed by atoms with van der Waals surface area (Å²) in [5.74, 6) is -0.681. The van der Waals surface area contributed by atoms with Gasteiger partial charge in [0.05, 0.1) is 9.58 Å². The maximum absolute atomic E-state index is 12.6. The van der Waals surface area contributed by atoms with Crippen LogP contribution in [0.25, 0.3) is 10.1 Å². The smallest absolute Gasteiger partial charge is 0.258 e. The second kappa shape index (κ2) is 5.27. The maximum atomic E-state index is 12.6. The Morgan fingerprint density at radius 2 is 1.86 bits per heavy atom. The number of nitrogens with two attached hydrogens (primary N) is 1. The highest BCUT2D eigenvalue weighted by Gasteiger charge is 2.16. The number of thiophene rings is 1. The van der Waals surface area contributed by atoms with Crippen molar-refractivity contribution in [2.45, 2.75) is 0 Å². The first-order chi connectivity index (χ1) is 10.1. The molecule has 1 aromatic carbocycles. The predicted molar refractivity (Wildman–Crippen MR) is 83.0 cm³/mol. The third-order valence-corrected chi connectivity index (χ3v) is 4.38. The number of ketones is 1. The number of fused-ring (bicyclic) bond motifs is 1. The number of primary amides is 1. The molecule has 0 spiro atoms. The van der Waals surface area contributed by atoms with Crippen LogP contribution in [-0.2, 0) is 0 Å². The Labute approximate surface area is 129 Å². The third kappa shape index (κ3) is 2.53. The molecule has 0 fully saturated rings. The van der Waals surface area contributed by atoms with Crippen molar-refractivity contribution in [1.82, 2.24) is 4.98 Å². The van der Waals surface area contributed by atoms with Gasteiger partial charge in [0.25, 0.3) is 5.91 Å². The zero-order chi connectivity index (χ0) is 15.0. The largest absolute Gasteiger partial charge is 0.365 e. The predicted octanol–water partition coefficient (Wildman–Crippen LogP) is 3.28. The van der Waals surface area contributed by atoms with Crippen LogP contribution < -0.4 is 5.73 Å². The van der Waals surface area contributed by atoms with Gasteiger partial charge in [0.2, 0.25) is 0 Å². The lowest BCUT2D eigenvalue weighted by atomic mass is 10.0. The fourth-order valence-electron chi connectivity index (χ4n) is 2.02. The molecular weight excluding hydrogens is 308 g/mol. The molecule has 6 heteroatoms. The van der Waals surface area contributed by atoms with Gasteiger partial charge in [0, 0.05) is 33.9 Å². The van der Waals surface area contributed by atoms with E-state index in [0.717, 1.165) is 4.70 Å². The fourth-order valence-corrected chi connectivity index (χ4v) is 3.05. The number of benzene rings is 1. The number of amides is 1. The van der Waals surface area contributed by atoms with Crippen LogP contribution in [-0.4, -0.2) is 16.7 Å². The van der Waals surface area contributed by atoms with Gasteiger partial charge in [0.15, 0.2) is 5.78 Å². The molecule has 2 aromatic heterocycles. The minimum absolute atomic E-state index is 0.168. The fraction of sp³-hybridized carbons (Fsp3) is 0. The van der Waals surface area contributed by atoms with Crippen molar-refractivity contribution >= 4 is 44.7 Å². The molecule has 0 aliphatic carbocycles. The van der Waals surface area contributed by atoms with Gasteiger partial charge in [-0.25, -0.2) is 0 Å². The standard InChI is InChI=1S/C15H9ClN2O2S/c16-9-3-1-8(2-4-9)14(19)11-6-18-7-13-10(11)5-12(21-13)15(17)20/h1-7H,(H2,17,20). The average molecular weight is 317 g/mol. The van der Waals surface area contributed by atoms with Crippen LogP contribution in [0.1, 0.15) is 25.6 Å². The summed E-state index contributed by atoms with van der Waals surface area (Å²) in [6.07, 6.45) is 3.11. The Kier molecular flexibility index (Phi) is 3.45. The number of halogens is 1. The van der Waals surface area contributed by atoms with E-state index in [1.807, 2.05) is 0 Å². The molecular formula is C15H9ClN2O2S. The number of hydrogen-bond acceptors (Lipinski definition) is 4. The van der Waals surface area contributed by atoms with E-state index in [0.29, 0.717) is 26.4 Å². The molecule has 0 aliphatic heterocycles. The topological polar surface area (TPSA) is 73.1 Å². The lowest BCUT2D eigenvalue weighted by Gasteiger charge is -2.02. The Morgan fingerprint density at radius 3 is 2.52 bits per heavy atom. The van der Waals surface area contributed by atoms with E-state index >= 15 is 0 Å². The van der Waals surface area contributed by atoms with Gasteiger partial charge >= 0.3 is 0 Å². The lowest BCUT2D eigenvalue weighted by Crippen LogP contribution is -2.08. The number of rotatable bonds is 3. The van der Waals surface area contributed by atoms with Crippen molar-refractivity contribution in [2.75, 3.05) is 0 Å². The monoisotopic (exact) mass is 316 g/mol. The van der Waals surface area contributed by atoms with Crippen molar-refractivity contribution in [3.8, 4) is 0 Å². The molecule has 2 N–H and O–H groups in total. The summed E-state index contributed by atoms with van der Waals surface area (Å²) >= 11 is 7.05. The first kappa shape index (κ1) is 13.7. The van der Waals surface area contributed by atoms with Crippen LogP contribution in [0.4, 0.5) is 0 Å². The van der Waals surface area contributed by atoms with Gasteiger partial charge in [-0.2, -0.15) is 0 Å². The van der Waals surface area contributed by atoms with Gasteiger partial charge < -0.3 is 5.73 Å².